The van der Waals surface area contributed by atoms with E-state index in [0.717, 1.165) is 16.7 Å². The zero-order valence-electron chi connectivity index (χ0n) is 11.7. The van der Waals surface area contributed by atoms with Crippen LogP contribution in [0.2, 0.25) is 5.02 Å². The number of ether oxygens (including phenoxy) is 1. The first kappa shape index (κ1) is 13.9. The molecule has 0 heterocycles. The quantitative estimate of drug-likeness (QED) is 0.784. The number of fused-ring (bicyclic) bond motifs is 1. The van der Waals surface area contributed by atoms with Crippen LogP contribution in [0.25, 0.3) is 6.08 Å². The second-order valence-electron chi connectivity index (χ2n) is 4.93. The number of halogens is 1. The predicted octanol–water partition coefficient (Wildman–Crippen LogP) is 4.43. The zero-order chi connectivity index (χ0) is 14.8. The van der Waals surface area contributed by atoms with Gasteiger partial charge in [-0.2, -0.15) is 0 Å². The standard InChI is InChI=1S/C18H15ClO2/c1-2-21-18(20)16-11-13-5-3-4-6-15(13)17(16)12-7-9-14(19)10-8-12/h3-11,17H,2H2,1H3. The van der Waals surface area contributed by atoms with Gasteiger partial charge >= 0.3 is 5.97 Å². The summed E-state index contributed by atoms with van der Waals surface area (Å²) in [5, 5.41) is 0.687. The highest BCUT2D eigenvalue weighted by Gasteiger charge is 2.31. The minimum atomic E-state index is -0.256. The molecule has 0 spiro atoms. The first-order valence-electron chi connectivity index (χ1n) is 6.94. The fraction of sp³-hybridized carbons (Fsp3) is 0.167. The van der Waals surface area contributed by atoms with Crippen molar-refractivity contribution in [1.82, 2.24) is 0 Å². The van der Waals surface area contributed by atoms with Crippen molar-refractivity contribution < 1.29 is 9.53 Å². The van der Waals surface area contributed by atoms with Crippen LogP contribution < -0.4 is 0 Å². The molecule has 0 aromatic heterocycles. The summed E-state index contributed by atoms with van der Waals surface area (Å²) in [7, 11) is 0. The summed E-state index contributed by atoms with van der Waals surface area (Å²) >= 11 is 5.96. The maximum atomic E-state index is 12.2. The van der Waals surface area contributed by atoms with Crippen LogP contribution in [0.15, 0.2) is 54.1 Å². The molecule has 0 saturated heterocycles. The minimum Gasteiger partial charge on any atom is -0.463 e. The van der Waals surface area contributed by atoms with Crippen molar-refractivity contribution in [2.45, 2.75) is 12.8 Å². The first-order chi connectivity index (χ1) is 10.2. The lowest BCUT2D eigenvalue weighted by molar-refractivity contribution is -0.138. The van der Waals surface area contributed by atoms with Gasteiger partial charge in [0, 0.05) is 16.5 Å². The molecule has 0 radical (unpaired) electrons. The highest BCUT2D eigenvalue weighted by atomic mass is 35.5. The molecule has 2 aromatic rings. The van der Waals surface area contributed by atoms with Crippen molar-refractivity contribution in [2.24, 2.45) is 0 Å². The Kier molecular flexibility index (Phi) is 3.80. The number of hydrogen-bond acceptors (Lipinski definition) is 2. The van der Waals surface area contributed by atoms with E-state index < -0.39 is 0 Å². The van der Waals surface area contributed by atoms with Crippen LogP contribution in [0, 0.1) is 0 Å². The largest absolute Gasteiger partial charge is 0.463 e. The third-order valence-corrected chi connectivity index (χ3v) is 3.90. The molecule has 2 nitrogen and oxygen atoms in total. The van der Waals surface area contributed by atoms with E-state index in [9.17, 15) is 4.79 Å². The second-order valence-corrected chi connectivity index (χ2v) is 5.37. The Morgan fingerprint density at radius 3 is 2.57 bits per heavy atom. The third kappa shape index (κ3) is 2.59. The van der Waals surface area contributed by atoms with Crippen molar-refractivity contribution in [1.29, 1.82) is 0 Å². The van der Waals surface area contributed by atoms with E-state index in [1.165, 1.54) is 0 Å². The molecule has 2 aromatic carbocycles. The number of hydrogen-bond donors (Lipinski definition) is 0. The van der Waals surface area contributed by atoms with Crippen molar-refractivity contribution in [2.75, 3.05) is 6.61 Å². The van der Waals surface area contributed by atoms with Crippen molar-refractivity contribution in [3.63, 3.8) is 0 Å². The predicted molar refractivity (Wildman–Crippen MR) is 84.3 cm³/mol. The van der Waals surface area contributed by atoms with E-state index in [1.807, 2.05) is 55.5 Å². The molecule has 106 valence electrons. The zero-order valence-corrected chi connectivity index (χ0v) is 12.4. The lowest BCUT2D eigenvalue weighted by Crippen LogP contribution is -2.13. The molecule has 3 heteroatoms. The van der Waals surface area contributed by atoms with E-state index in [-0.39, 0.29) is 11.9 Å². The summed E-state index contributed by atoms with van der Waals surface area (Å²) in [4.78, 5) is 12.2. The van der Waals surface area contributed by atoms with Crippen LogP contribution in [0.5, 0.6) is 0 Å². The Bertz CT molecular complexity index is 701. The number of rotatable bonds is 3. The smallest absolute Gasteiger partial charge is 0.334 e. The average Bonchev–Trinajstić information content (AvgIpc) is 2.88. The molecule has 1 aliphatic rings. The normalized spacial score (nSPS) is 16.3. The van der Waals surface area contributed by atoms with Gasteiger partial charge in [-0.15, -0.1) is 0 Å². The van der Waals surface area contributed by atoms with E-state index >= 15 is 0 Å². The van der Waals surface area contributed by atoms with Crippen molar-refractivity contribution >= 4 is 23.6 Å². The summed E-state index contributed by atoms with van der Waals surface area (Å²) in [6.45, 7) is 2.19. The second kappa shape index (κ2) is 5.74. The van der Waals surface area contributed by atoms with E-state index in [4.69, 9.17) is 16.3 Å². The molecule has 0 aliphatic heterocycles. The Morgan fingerprint density at radius 1 is 1.14 bits per heavy atom. The van der Waals surface area contributed by atoms with Crippen LogP contribution in [-0.4, -0.2) is 12.6 Å². The van der Waals surface area contributed by atoms with E-state index in [0.29, 0.717) is 17.2 Å². The highest BCUT2D eigenvalue weighted by molar-refractivity contribution is 6.30. The van der Waals surface area contributed by atoms with Crippen LogP contribution in [0.4, 0.5) is 0 Å². The molecule has 21 heavy (non-hydrogen) atoms. The van der Waals surface area contributed by atoms with Crippen molar-refractivity contribution in [3.8, 4) is 0 Å². The molecule has 1 atom stereocenters. The Hall–Kier alpha value is -2.06. The molecule has 0 amide bonds. The van der Waals surface area contributed by atoms with Gasteiger partial charge in [0.05, 0.1) is 6.61 Å². The minimum absolute atomic E-state index is 0.0856. The van der Waals surface area contributed by atoms with Crippen LogP contribution in [0.1, 0.15) is 29.5 Å². The lowest BCUT2D eigenvalue weighted by atomic mass is 9.88. The Balaban J connectivity index is 2.07. The fourth-order valence-corrected chi connectivity index (χ4v) is 2.86. The van der Waals surface area contributed by atoms with E-state index in [2.05, 4.69) is 6.07 Å². The topological polar surface area (TPSA) is 26.3 Å². The molecule has 0 fully saturated rings. The van der Waals surface area contributed by atoms with Gasteiger partial charge in [0.15, 0.2) is 0 Å². The molecule has 0 saturated carbocycles. The molecular weight excluding hydrogens is 284 g/mol. The van der Waals surface area contributed by atoms with Gasteiger partial charge < -0.3 is 4.74 Å². The molecule has 1 unspecified atom stereocenters. The molecule has 1 aliphatic carbocycles. The van der Waals surface area contributed by atoms with Crippen molar-refractivity contribution in [3.05, 3.63) is 75.8 Å². The third-order valence-electron chi connectivity index (χ3n) is 3.64. The Morgan fingerprint density at radius 2 is 1.86 bits per heavy atom. The number of carbonyl (C=O) groups is 1. The Labute approximate surface area is 129 Å². The maximum absolute atomic E-state index is 12.2. The fourth-order valence-electron chi connectivity index (χ4n) is 2.73. The molecular formula is C18H15ClO2. The van der Waals surface area contributed by atoms with Gasteiger partial charge in [-0.1, -0.05) is 48.0 Å². The van der Waals surface area contributed by atoms with Gasteiger partial charge in [-0.25, -0.2) is 4.79 Å². The number of carbonyl (C=O) groups excluding carboxylic acids is 1. The van der Waals surface area contributed by atoms with Gasteiger partial charge in [0.2, 0.25) is 0 Å². The summed E-state index contributed by atoms with van der Waals surface area (Å²) in [6.07, 6.45) is 1.92. The summed E-state index contributed by atoms with van der Waals surface area (Å²) in [6, 6.07) is 15.7. The van der Waals surface area contributed by atoms with Gasteiger partial charge in [-0.3, -0.25) is 0 Å². The van der Waals surface area contributed by atoms with Gasteiger partial charge in [0.25, 0.3) is 0 Å². The van der Waals surface area contributed by atoms with Crippen LogP contribution >= 0.6 is 11.6 Å². The van der Waals surface area contributed by atoms with Crippen LogP contribution in [-0.2, 0) is 9.53 Å². The summed E-state index contributed by atoms with van der Waals surface area (Å²) in [5.41, 5.74) is 3.92. The number of esters is 1. The van der Waals surface area contributed by atoms with E-state index in [1.54, 1.807) is 0 Å². The molecule has 0 bridgehead atoms. The lowest BCUT2D eigenvalue weighted by Gasteiger charge is -2.16. The summed E-state index contributed by atoms with van der Waals surface area (Å²) < 4.78 is 5.20. The van der Waals surface area contributed by atoms with Crippen LogP contribution in [0.3, 0.4) is 0 Å². The van der Waals surface area contributed by atoms with Gasteiger partial charge in [-0.05, 0) is 41.8 Å². The van der Waals surface area contributed by atoms with Gasteiger partial charge in [0.1, 0.15) is 0 Å². The maximum Gasteiger partial charge on any atom is 0.334 e. The molecule has 0 N–H and O–H groups in total. The first-order valence-corrected chi connectivity index (χ1v) is 7.31. The monoisotopic (exact) mass is 298 g/mol. The highest BCUT2D eigenvalue weighted by Crippen LogP contribution is 2.41. The average molecular weight is 299 g/mol. The SMILES string of the molecule is CCOC(=O)C1=Cc2ccccc2C1c1ccc(Cl)cc1. The summed E-state index contributed by atoms with van der Waals surface area (Å²) in [5.74, 6) is -0.342. The number of benzene rings is 2. The molecule has 3 rings (SSSR count).